The Morgan fingerprint density at radius 3 is 1.36 bits per heavy atom. The van der Waals surface area contributed by atoms with Crippen LogP contribution in [0.4, 0.5) is 10.1 Å². The van der Waals surface area contributed by atoms with Gasteiger partial charge < -0.3 is 4.74 Å². The zero-order chi connectivity index (χ0) is 24.0. The molecule has 6 nitrogen and oxygen atoms in total. The molecule has 2 heterocycles. The van der Waals surface area contributed by atoms with Crippen LogP contribution in [0.25, 0.3) is 0 Å². The van der Waals surface area contributed by atoms with E-state index in [2.05, 4.69) is 4.74 Å². The molecule has 0 atom stereocenters. The molecule has 0 N–H and O–H groups in total. The fourth-order valence-electron chi connectivity index (χ4n) is 3.68. The van der Waals surface area contributed by atoms with Crippen LogP contribution in [0.15, 0.2) is 48.5 Å². The Morgan fingerprint density at radius 1 is 0.606 bits per heavy atom. The Balaban J connectivity index is 0.000000172. The topological polar surface area (TPSA) is 80.8 Å². The van der Waals surface area contributed by atoms with E-state index >= 15 is 0 Å². The summed E-state index contributed by atoms with van der Waals surface area (Å²) in [5, 5.41) is 0. The molecule has 0 fully saturated rings. The Bertz CT molecular complexity index is 1280. The van der Waals surface area contributed by atoms with Crippen LogP contribution < -0.4 is 4.90 Å². The number of esters is 2. The average Bonchev–Trinajstić information content (AvgIpc) is 3.17. The van der Waals surface area contributed by atoms with Crippen molar-refractivity contribution >= 4 is 29.4 Å². The fourth-order valence-corrected chi connectivity index (χ4v) is 3.68. The van der Waals surface area contributed by atoms with Crippen molar-refractivity contribution in [1.82, 2.24) is 0 Å². The minimum absolute atomic E-state index is 0.361. The smallest absolute Gasteiger partial charge is 0.346 e. The second-order valence-electron chi connectivity index (χ2n) is 8.06. The van der Waals surface area contributed by atoms with Crippen LogP contribution in [0, 0.1) is 33.5 Å². The second-order valence-corrected chi connectivity index (χ2v) is 8.06. The number of benzene rings is 3. The number of hydrogen-bond donors (Lipinski definition) is 0. The molecule has 2 amide bonds. The van der Waals surface area contributed by atoms with Crippen molar-refractivity contribution in [1.29, 1.82) is 0 Å². The molecule has 0 radical (unpaired) electrons. The number of carbonyl (C=O) groups is 4. The summed E-state index contributed by atoms with van der Waals surface area (Å²) in [6.45, 7) is 7.58. The van der Waals surface area contributed by atoms with Crippen LogP contribution >= 0.6 is 0 Å². The molecule has 3 aromatic rings. The van der Waals surface area contributed by atoms with Gasteiger partial charge in [-0.25, -0.2) is 18.9 Å². The van der Waals surface area contributed by atoms with E-state index in [1.807, 2.05) is 27.7 Å². The largest absolute Gasteiger partial charge is 0.386 e. The van der Waals surface area contributed by atoms with Gasteiger partial charge in [0.1, 0.15) is 5.82 Å². The molecule has 0 saturated carbocycles. The van der Waals surface area contributed by atoms with Gasteiger partial charge in [0.15, 0.2) is 0 Å². The molecule has 3 aromatic carbocycles. The third-order valence-corrected chi connectivity index (χ3v) is 5.84. The molecule has 7 heteroatoms. The maximum atomic E-state index is 12.9. The lowest BCUT2D eigenvalue weighted by molar-refractivity contribution is 0.0443. The Hall–Kier alpha value is -4.13. The number of halogens is 1. The summed E-state index contributed by atoms with van der Waals surface area (Å²) in [5.41, 5.74) is 5.87. The van der Waals surface area contributed by atoms with Gasteiger partial charge in [0.25, 0.3) is 11.8 Å². The van der Waals surface area contributed by atoms with Gasteiger partial charge in [-0.1, -0.05) is 0 Å². The molecular formula is C26H20FNO5. The van der Waals surface area contributed by atoms with E-state index in [1.165, 1.54) is 24.3 Å². The van der Waals surface area contributed by atoms with Gasteiger partial charge >= 0.3 is 11.9 Å². The van der Waals surface area contributed by atoms with Crippen molar-refractivity contribution in [3.63, 3.8) is 0 Å². The number of carbonyl (C=O) groups excluding carboxylic acids is 4. The van der Waals surface area contributed by atoms with Gasteiger partial charge in [0.2, 0.25) is 0 Å². The molecule has 33 heavy (non-hydrogen) atoms. The average molecular weight is 445 g/mol. The third kappa shape index (κ3) is 3.82. The maximum absolute atomic E-state index is 12.9. The maximum Gasteiger partial charge on any atom is 0.346 e. The van der Waals surface area contributed by atoms with Gasteiger partial charge in [-0.2, -0.15) is 0 Å². The van der Waals surface area contributed by atoms with E-state index < -0.39 is 17.8 Å². The fraction of sp³-hybridized carbons (Fsp3) is 0.154. The Kier molecular flexibility index (Phi) is 5.41. The zero-order valence-electron chi connectivity index (χ0n) is 18.5. The summed E-state index contributed by atoms with van der Waals surface area (Å²) in [7, 11) is 0. The number of cyclic esters (lactones) is 2. The van der Waals surface area contributed by atoms with Crippen LogP contribution in [0.5, 0.6) is 0 Å². The van der Waals surface area contributed by atoms with Gasteiger partial charge in [-0.05, 0) is 98.5 Å². The third-order valence-electron chi connectivity index (χ3n) is 5.84. The minimum atomic E-state index is -0.539. The molecule has 2 aliphatic heterocycles. The molecule has 0 saturated heterocycles. The summed E-state index contributed by atoms with van der Waals surface area (Å²) in [6, 6.07) is 12.2. The molecule has 0 unspecified atom stereocenters. The lowest BCUT2D eigenvalue weighted by atomic mass is 10.0. The normalized spacial score (nSPS) is 14.0. The SMILES string of the molecule is Cc1cc2c(cc1C)C(=O)N(c1ccc(F)cc1)C2=O.Cc1cc2c(cc1C)C(=O)OC2=O. The van der Waals surface area contributed by atoms with E-state index in [1.54, 1.807) is 24.3 Å². The number of anilines is 1. The van der Waals surface area contributed by atoms with Crippen molar-refractivity contribution in [3.8, 4) is 0 Å². The molecule has 0 bridgehead atoms. The molecule has 0 spiro atoms. The number of fused-ring (bicyclic) bond motifs is 2. The highest BCUT2D eigenvalue weighted by Gasteiger charge is 2.37. The van der Waals surface area contributed by atoms with E-state index in [9.17, 15) is 23.6 Å². The van der Waals surface area contributed by atoms with Gasteiger partial charge in [-0.15, -0.1) is 0 Å². The van der Waals surface area contributed by atoms with Crippen molar-refractivity contribution in [2.24, 2.45) is 0 Å². The van der Waals surface area contributed by atoms with E-state index in [-0.39, 0.29) is 11.8 Å². The number of nitrogens with zero attached hydrogens (tertiary/aromatic N) is 1. The number of hydrogen-bond acceptors (Lipinski definition) is 5. The monoisotopic (exact) mass is 445 g/mol. The molecule has 166 valence electrons. The number of imide groups is 1. The van der Waals surface area contributed by atoms with Crippen LogP contribution in [0.2, 0.25) is 0 Å². The zero-order valence-corrected chi connectivity index (χ0v) is 18.5. The lowest BCUT2D eigenvalue weighted by Gasteiger charge is -2.13. The number of aryl methyl sites for hydroxylation is 4. The van der Waals surface area contributed by atoms with Crippen LogP contribution in [-0.4, -0.2) is 23.8 Å². The van der Waals surface area contributed by atoms with Crippen molar-refractivity contribution in [2.75, 3.05) is 4.90 Å². The first-order valence-corrected chi connectivity index (χ1v) is 10.2. The van der Waals surface area contributed by atoms with Crippen molar-refractivity contribution < 1.29 is 28.3 Å². The van der Waals surface area contributed by atoms with Gasteiger partial charge in [-0.3, -0.25) is 9.59 Å². The first kappa shape index (κ1) is 22.1. The molecule has 2 aliphatic rings. The summed E-state index contributed by atoms with van der Waals surface area (Å²) in [5.74, 6) is -2.21. The van der Waals surface area contributed by atoms with Gasteiger partial charge in [0, 0.05) is 0 Å². The van der Waals surface area contributed by atoms with Crippen LogP contribution in [0.1, 0.15) is 63.7 Å². The predicted octanol–water partition coefficient (Wildman–Crippen LogP) is 4.86. The first-order valence-electron chi connectivity index (χ1n) is 10.2. The standard InChI is InChI=1S/C16H12FNO2.C10H8O3/c1-9-7-13-14(8-10(9)2)16(20)18(15(13)19)12-5-3-11(17)4-6-12;1-5-3-7-8(4-6(5)2)10(12)13-9(7)11/h3-8H,1-2H3;3-4H,1-2H3. The molecular weight excluding hydrogens is 425 g/mol. The Labute approximate surface area is 189 Å². The highest BCUT2D eigenvalue weighted by Crippen LogP contribution is 2.30. The predicted molar refractivity (Wildman–Crippen MR) is 119 cm³/mol. The number of amides is 2. The molecule has 0 aromatic heterocycles. The van der Waals surface area contributed by atoms with E-state index in [0.717, 1.165) is 27.2 Å². The Morgan fingerprint density at radius 2 is 0.970 bits per heavy atom. The highest BCUT2D eigenvalue weighted by molar-refractivity contribution is 6.34. The van der Waals surface area contributed by atoms with Crippen molar-refractivity contribution in [2.45, 2.75) is 27.7 Å². The number of rotatable bonds is 1. The van der Waals surface area contributed by atoms with Crippen molar-refractivity contribution in [3.05, 3.63) is 98.9 Å². The van der Waals surface area contributed by atoms with E-state index in [4.69, 9.17) is 0 Å². The minimum Gasteiger partial charge on any atom is -0.386 e. The molecule has 5 rings (SSSR count). The van der Waals surface area contributed by atoms with Gasteiger partial charge in [0.05, 0.1) is 27.9 Å². The lowest BCUT2D eigenvalue weighted by Crippen LogP contribution is -2.29. The summed E-state index contributed by atoms with van der Waals surface area (Å²) < 4.78 is 17.4. The molecule has 0 aliphatic carbocycles. The number of ether oxygens (including phenoxy) is 1. The first-order chi connectivity index (χ1) is 15.6. The summed E-state index contributed by atoms with van der Waals surface area (Å²) in [6.07, 6.45) is 0. The summed E-state index contributed by atoms with van der Waals surface area (Å²) in [4.78, 5) is 48.0. The summed E-state index contributed by atoms with van der Waals surface area (Å²) >= 11 is 0. The van der Waals surface area contributed by atoms with Crippen LogP contribution in [0.3, 0.4) is 0 Å². The quantitative estimate of drug-likeness (QED) is 0.304. The highest BCUT2D eigenvalue weighted by atomic mass is 19.1. The van der Waals surface area contributed by atoms with Crippen LogP contribution in [-0.2, 0) is 4.74 Å². The van der Waals surface area contributed by atoms with E-state index in [0.29, 0.717) is 27.9 Å². The second kappa shape index (κ2) is 8.09.